The number of nitrogens with one attached hydrogen (secondary N) is 1. The Labute approximate surface area is 99.2 Å². The zero-order valence-corrected chi connectivity index (χ0v) is 9.84. The molecule has 17 heavy (non-hydrogen) atoms. The second-order valence-corrected chi connectivity index (χ2v) is 3.71. The standard InChI is InChI=1S/C12H14N4O/c1-9-4-3-5-11(17)16(9)8-10-6-7-14-12(13-2)15-10/h3-7H,8H2,1-2H3,(H,13,14,15). The van der Waals surface area contributed by atoms with Gasteiger partial charge in [0, 0.05) is 25.0 Å². The molecule has 0 atom stereocenters. The number of hydrogen-bond donors (Lipinski definition) is 1. The van der Waals surface area contributed by atoms with E-state index in [0.29, 0.717) is 12.5 Å². The molecule has 0 spiro atoms. The molecule has 0 aromatic carbocycles. The van der Waals surface area contributed by atoms with E-state index in [1.54, 1.807) is 36.0 Å². The third-order valence-electron chi connectivity index (χ3n) is 2.52. The molecular formula is C12H14N4O. The molecule has 0 amide bonds. The molecule has 0 unspecified atom stereocenters. The first kappa shape index (κ1) is 11.3. The third-order valence-corrected chi connectivity index (χ3v) is 2.52. The van der Waals surface area contributed by atoms with Crippen molar-refractivity contribution in [2.75, 3.05) is 12.4 Å². The maximum atomic E-state index is 11.7. The number of aryl methyl sites for hydroxylation is 1. The normalized spacial score (nSPS) is 10.2. The molecule has 2 rings (SSSR count). The Kier molecular flexibility index (Phi) is 3.18. The van der Waals surface area contributed by atoms with Crippen LogP contribution in [0.15, 0.2) is 35.3 Å². The second-order valence-electron chi connectivity index (χ2n) is 3.71. The monoisotopic (exact) mass is 230 g/mol. The summed E-state index contributed by atoms with van der Waals surface area (Å²) in [5.41, 5.74) is 1.71. The van der Waals surface area contributed by atoms with Crippen LogP contribution in [-0.4, -0.2) is 21.6 Å². The van der Waals surface area contributed by atoms with Crippen molar-refractivity contribution in [1.82, 2.24) is 14.5 Å². The van der Waals surface area contributed by atoms with Gasteiger partial charge >= 0.3 is 0 Å². The molecule has 2 aromatic heterocycles. The van der Waals surface area contributed by atoms with Crippen LogP contribution in [0.25, 0.3) is 0 Å². The highest BCUT2D eigenvalue weighted by molar-refractivity contribution is 5.23. The summed E-state index contributed by atoms with van der Waals surface area (Å²) >= 11 is 0. The molecule has 2 heterocycles. The Morgan fingerprint density at radius 3 is 2.88 bits per heavy atom. The smallest absolute Gasteiger partial charge is 0.251 e. The van der Waals surface area contributed by atoms with E-state index in [4.69, 9.17) is 0 Å². The van der Waals surface area contributed by atoms with Crippen LogP contribution in [0.1, 0.15) is 11.4 Å². The summed E-state index contributed by atoms with van der Waals surface area (Å²) in [5.74, 6) is 0.559. The molecule has 0 bridgehead atoms. The van der Waals surface area contributed by atoms with Crippen molar-refractivity contribution in [2.45, 2.75) is 13.5 Å². The van der Waals surface area contributed by atoms with Crippen molar-refractivity contribution < 1.29 is 0 Å². The summed E-state index contributed by atoms with van der Waals surface area (Å²) in [7, 11) is 1.76. The highest BCUT2D eigenvalue weighted by Crippen LogP contribution is 2.03. The molecule has 0 aliphatic heterocycles. The average Bonchev–Trinajstić information content (AvgIpc) is 2.34. The minimum Gasteiger partial charge on any atom is -0.357 e. The highest BCUT2D eigenvalue weighted by atomic mass is 16.1. The van der Waals surface area contributed by atoms with Crippen molar-refractivity contribution in [2.24, 2.45) is 0 Å². The number of aromatic nitrogens is 3. The van der Waals surface area contributed by atoms with Crippen molar-refractivity contribution >= 4 is 5.95 Å². The van der Waals surface area contributed by atoms with Gasteiger partial charge in [-0.2, -0.15) is 0 Å². The van der Waals surface area contributed by atoms with E-state index in [0.717, 1.165) is 11.4 Å². The summed E-state index contributed by atoms with van der Waals surface area (Å²) in [6.45, 7) is 2.37. The molecule has 5 nitrogen and oxygen atoms in total. The molecule has 0 aliphatic rings. The van der Waals surface area contributed by atoms with Gasteiger partial charge in [-0.1, -0.05) is 6.07 Å². The lowest BCUT2D eigenvalue weighted by Gasteiger charge is -2.09. The van der Waals surface area contributed by atoms with E-state index in [-0.39, 0.29) is 5.56 Å². The lowest BCUT2D eigenvalue weighted by molar-refractivity contribution is 0.711. The van der Waals surface area contributed by atoms with Crippen LogP contribution in [0.3, 0.4) is 0 Å². The van der Waals surface area contributed by atoms with Crippen LogP contribution < -0.4 is 10.9 Å². The fraction of sp³-hybridized carbons (Fsp3) is 0.250. The zero-order valence-electron chi connectivity index (χ0n) is 9.84. The molecule has 0 fully saturated rings. The predicted molar refractivity (Wildman–Crippen MR) is 66.1 cm³/mol. The average molecular weight is 230 g/mol. The molecule has 1 N–H and O–H groups in total. The van der Waals surface area contributed by atoms with Crippen molar-refractivity contribution in [3.63, 3.8) is 0 Å². The van der Waals surface area contributed by atoms with Gasteiger partial charge in [-0.25, -0.2) is 9.97 Å². The quantitative estimate of drug-likeness (QED) is 0.855. The minimum atomic E-state index is -0.0189. The van der Waals surface area contributed by atoms with E-state index in [2.05, 4.69) is 15.3 Å². The van der Waals surface area contributed by atoms with Crippen LogP contribution in [-0.2, 0) is 6.54 Å². The SMILES string of the molecule is CNc1nccc(Cn2c(C)cccc2=O)n1. The zero-order chi connectivity index (χ0) is 12.3. The fourth-order valence-electron chi connectivity index (χ4n) is 1.59. The first-order chi connectivity index (χ1) is 8.20. The van der Waals surface area contributed by atoms with Crippen LogP contribution >= 0.6 is 0 Å². The van der Waals surface area contributed by atoms with Crippen molar-refractivity contribution in [1.29, 1.82) is 0 Å². The molecular weight excluding hydrogens is 216 g/mol. The molecule has 0 saturated carbocycles. The molecule has 88 valence electrons. The van der Waals surface area contributed by atoms with Crippen molar-refractivity contribution in [3.05, 3.63) is 52.2 Å². The van der Waals surface area contributed by atoms with Gasteiger partial charge in [0.25, 0.3) is 5.56 Å². The first-order valence-corrected chi connectivity index (χ1v) is 5.37. The van der Waals surface area contributed by atoms with E-state index in [1.165, 1.54) is 0 Å². The van der Waals surface area contributed by atoms with E-state index in [1.807, 2.05) is 13.0 Å². The van der Waals surface area contributed by atoms with Gasteiger partial charge < -0.3 is 9.88 Å². The van der Waals surface area contributed by atoms with Gasteiger partial charge in [0.2, 0.25) is 5.95 Å². The lowest BCUT2D eigenvalue weighted by Crippen LogP contribution is -2.22. The van der Waals surface area contributed by atoms with Gasteiger partial charge in [-0.3, -0.25) is 4.79 Å². The predicted octanol–water partition coefficient (Wildman–Crippen LogP) is 1.04. The third kappa shape index (κ3) is 2.50. The summed E-state index contributed by atoms with van der Waals surface area (Å²) in [6, 6.07) is 7.02. The van der Waals surface area contributed by atoms with Gasteiger partial charge in [0.05, 0.1) is 12.2 Å². The Bertz CT molecular complexity index is 577. The second kappa shape index (κ2) is 4.78. The van der Waals surface area contributed by atoms with E-state index < -0.39 is 0 Å². The summed E-state index contributed by atoms with van der Waals surface area (Å²) in [6.07, 6.45) is 1.68. The fourth-order valence-corrected chi connectivity index (χ4v) is 1.59. The molecule has 2 aromatic rings. The number of anilines is 1. The Balaban J connectivity index is 2.34. The number of pyridine rings is 1. The molecule has 0 aliphatic carbocycles. The van der Waals surface area contributed by atoms with Gasteiger partial charge in [0.1, 0.15) is 0 Å². The van der Waals surface area contributed by atoms with Crippen molar-refractivity contribution in [3.8, 4) is 0 Å². The molecule has 0 saturated heterocycles. The van der Waals surface area contributed by atoms with Gasteiger partial charge in [0.15, 0.2) is 0 Å². The largest absolute Gasteiger partial charge is 0.357 e. The number of hydrogen-bond acceptors (Lipinski definition) is 4. The Hall–Kier alpha value is -2.17. The summed E-state index contributed by atoms with van der Waals surface area (Å²) < 4.78 is 1.68. The maximum absolute atomic E-state index is 11.7. The van der Waals surface area contributed by atoms with Crippen LogP contribution in [0.4, 0.5) is 5.95 Å². The Morgan fingerprint density at radius 1 is 1.35 bits per heavy atom. The van der Waals surface area contributed by atoms with Gasteiger partial charge in [-0.15, -0.1) is 0 Å². The Morgan fingerprint density at radius 2 is 2.18 bits per heavy atom. The number of rotatable bonds is 3. The highest BCUT2D eigenvalue weighted by Gasteiger charge is 2.02. The van der Waals surface area contributed by atoms with E-state index >= 15 is 0 Å². The van der Waals surface area contributed by atoms with Crippen LogP contribution in [0.5, 0.6) is 0 Å². The summed E-state index contributed by atoms with van der Waals surface area (Å²) in [4.78, 5) is 20.0. The summed E-state index contributed by atoms with van der Waals surface area (Å²) in [5, 5.41) is 2.87. The molecule has 5 heteroatoms. The topological polar surface area (TPSA) is 59.8 Å². The number of nitrogens with zero attached hydrogens (tertiary/aromatic N) is 3. The van der Waals surface area contributed by atoms with Gasteiger partial charge in [-0.05, 0) is 19.1 Å². The maximum Gasteiger partial charge on any atom is 0.251 e. The van der Waals surface area contributed by atoms with E-state index in [9.17, 15) is 4.79 Å². The minimum absolute atomic E-state index is 0.0189. The van der Waals surface area contributed by atoms with Crippen LogP contribution in [0, 0.1) is 6.92 Å². The lowest BCUT2D eigenvalue weighted by atomic mass is 10.3. The first-order valence-electron chi connectivity index (χ1n) is 5.37. The van der Waals surface area contributed by atoms with Crippen LogP contribution in [0.2, 0.25) is 0 Å². The molecule has 0 radical (unpaired) electrons.